The maximum absolute atomic E-state index is 13.0. The maximum atomic E-state index is 13.0. The molecule has 5 rings (SSSR count). The minimum atomic E-state index is -4.39. The van der Waals surface area contributed by atoms with Crippen LogP contribution in [0.4, 0.5) is 13.2 Å². The summed E-state index contributed by atoms with van der Waals surface area (Å²) in [5.41, 5.74) is 5.48. The van der Waals surface area contributed by atoms with Crippen LogP contribution in [0.15, 0.2) is 91.0 Å². The third kappa shape index (κ3) is 5.26. The first-order valence-corrected chi connectivity index (χ1v) is 11.5. The van der Waals surface area contributed by atoms with Crippen molar-refractivity contribution in [3.8, 4) is 28.3 Å². The van der Waals surface area contributed by atoms with Crippen LogP contribution in [0.2, 0.25) is 0 Å². The van der Waals surface area contributed by atoms with Crippen molar-refractivity contribution in [2.45, 2.75) is 19.3 Å². The van der Waals surface area contributed by atoms with Crippen LogP contribution >= 0.6 is 0 Å². The molecule has 0 unspecified atom stereocenters. The largest absolute Gasteiger partial charge is 0.497 e. The van der Waals surface area contributed by atoms with Gasteiger partial charge in [0, 0.05) is 18.7 Å². The lowest BCUT2D eigenvalue weighted by Crippen LogP contribution is -2.12. The van der Waals surface area contributed by atoms with Crippen LogP contribution in [0.25, 0.3) is 33.5 Å². The number of nitrogens with zero attached hydrogens (tertiary/aromatic N) is 1. The summed E-state index contributed by atoms with van der Waals surface area (Å²) < 4.78 is 44.2. The fourth-order valence-electron chi connectivity index (χ4n) is 4.05. The molecule has 1 aromatic heterocycles. The molecule has 0 aliphatic carbocycles. The number of aromatic nitrogens is 2. The van der Waals surface area contributed by atoms with Gasteiger partial charge in [-0.05, 0) is 52.6 Å². The normalized spacial score (nSPS) is 11.7. The number of halogens is 3. The van der Waals surface area contributed by atoms with Crippen molar-refractivity contribution in [3.05, 3.63) is 108 Å². The van der Waals surface area contributed by atoms with E-state index in [0.717, 1.165) is 47.7 Å². The van der Waals surface area contributed by atoms with Gasteiger partial charge in [0.2, 0.25) is 0 Å². The summed E-state index contributed by atoms with van der Waals surface area (Å²) >= 11 is 0. The molecule has 0 aliphatic rings. The number of benzene rings is 4. The Morgan fingerprint density at radius 3 is 1.89 bits per heavy atom. The van der Waals surface area contributed by atoms with Crippen molar-refractivity contribution in [2.24, 2.45) is 0 Å². The molecule has 0 atom stereocenters. The Bertz CT molecular complexity index is 1460. The van der Waals surface area contributed by atoms with Crippen molar-refractivity contribution < 1.29 is 17.9 Å². The van der Waals surface area contributed by atoms with Crippen LogP contribution in [0.3, 0.4) is 0 Å². The molecule has 0 radical (unpaired) electrons. The smallest absolute Gasteiger partial charge is 0.416 e. The number of hydrogen-bond acceptors (Lipinski definition) is 3. The highest BCUT2D eigenvalue weighted by Crippen LogP contribution is 2.32. The van der Waals surface area contributed by atoms with E-state index >= 15 is 0 Å². The number of rotatable bonds is 7. The quantitative estimate of drug-likeness (QED) is 0.255. The Labute approximate surface area is 206 Å². The second-order valence-corrected chi connectivity index (χ2v) is 8.54. The van der Waals surface area contributed by atoms with E-state index in [1.165, 1.54) is 17.2 Å². The predicted octanol–water partition coefficient (Wildman–Crippen LogP) is 7.21. The number of alkyl halides is 3. The number of methoxy groups -OCH3 is 1. The average molecular weight is 488 g/mol. The third-order valence-electron chi connectivity index (χ3n) is 6.07. The summed E-state index contributed by atoms with van der Waals surface area (Å²) in [5, 5.41) is 3.45. The summed E-state index contributed by atoms with van der Waals surface area (Å²) in [4.78, 5) is 7.45. The van der Waals surface area contributed by atoms with Crippen LogP contribution in [0.5, 0.6) is 5.75 Å². The molecule has 1 heterocycles. The van der Waals surface area contributed by atoms with Gasteiger partial charge < -0.3 is 15.0 Å². The number of ether oxygens (including phenoxy) is 1. The second-order valence-electron chi connectivity index (χ2n) is 8.54. The lowest BCUT2D eigenvalue weighted by molar-refractivity contribution is -0.137. The average Bonchev–Trinajstić information content (AvgIpc) is 3.33. The zero-order chi connectivity index (χ0) is 25.1. The van der Waals surface area contributed by atoms with Crippen molar-refractivity contribution >= 4 is 11.0 Å². The molecule has 0 bridgehead atoms. The highest BCUT2D eigenvalue weighted by Gasteiger charge is 2.30. The Kier molecular flexibility index (Phi) is 6.48. The van der Waals surface area contributed by atoms with Crippen LogP contribution in [-0.4, -0.2) is 17.1 Å². The molecule has 2 N–H and O–H groups in total. The van der Waals surface area contributed by atoms with Gasteiger partial charge >= 0.3 is 6.18 Å². The SMILES string of the molecule is COc1ccc(CNCc2ccc(-c3ccc(-c4nc5ccc(C(F)(F)F)cc5[nH]4)cc3)cc2)cc1. The fraction of sp³-hybridized carbons (Fsp3) is 0.138. The first-order valence-electron chi connectivity index (χ1n) is 11.5. The Morgan fingerprint density at radius 1 is 0.750 bits per heavy atom. The number of nitrogens with one attached hydrogen (secondary N) is 2. The highest BCUT2D eigenvalue weighted by atomic mass is 19.4. The first kappa shape index (κ1) is 23.6. The van der Waals surface area contributed by atoms with Gasteiger partial charge in [0.1, 0.15) is 11.6 Å². The summed E-state index contributed by atoms with van der Waals surface area (Å²) in [6, 6.07) is 27.7. The molecule has 0 aliphatic heterocycles. The van der Waals surface area contributed by atoms with Crippen LogP contribution < -0.4 is 10.1 Å². The molecule has 7 heteroatoms. The van der Waals surface area contributed by atoms with Crippen molar-refractivity contribution in [2.75, 3.05) is 7.11 Å². The van der Waals surface area contributed by atoms with Crippen molar-refractivity contribution in [1.82, 2.24) is 15.3 Å². The highest BCUT2D eigenvalue weighted by molar-refractivity contribution is 5.80. The van der Waals surface area contributed by atoms with E-state index in [2.05, 4.69) is 39.6 Å². The zero-order valence-corrected chi connectivity index (χ0v) is 19.6. The van der Waals surface area contributed by atoms with Gasteiger partial charge in [-0.3, -0.25) is 0 Å². The van der Waals surface area contributed by atoms with Gasteiger partial charge in [0.15, 0.2) is 0 Å². The molecule has 5 aromatic rings. The van der Waals surface area contributed by atoms with E-state index in [0.29, 0.717) is 16.9 Å². The van der Waals surface area contributed by atoms with E-state index in [-0.39, 0.29) is 0 Å². The molecule has 182 valence electrons. The minimum absolute atomic E-state index is 0.361. The Hall–Kier alpha value is -4.10. The summed E-state index contributed by atoms with van der Waals surface area (Å²) in [7, 11) is 1.66. The molecule has 36 heavy (non-hydrogen) atoms. The minimum Gasteiger partial charge on any atom is -0.497 e. The monoisotopic (exact) mass is 487 g/mol. The number of imidazole rings is 1. The molecule has 0 fully saturated rings. The first-order chi connectivity index (χ1) is 17.4. The van der Waals surface area contributed by atoms with Gasteiger partial charge in [-0.1, -0.05) is 60.7 Å². The predicted molar refractivity (Wildman–Crippen MR) is 136 cm³/mol. The number of H-pyrrole nitrogens is 1. The van der Waals surface area contributed by atoms with Crippen LogP contribution in [-0.2, 0) is 19.3 Å². The van der Waals surface area contributed by atoms with E-state index in [4.69, 9.17) is 4.74 Å². The maximum Gasteiger partial charge on any atom is 0.416 e. The lowest BCUT2D eigenvalue weighted by Gasteiger charge is -2.08. The van der Waals surface area contributed by atoms with E-state index < -0.39 is 11.7 Å². The molecule has 4 aromatic carbocycles. The van der Waals surface area contributed by atoms with Gasteiger partial charge in [-0.25, -0.2) is 4.98 Å². The van der Waals surface area contributed by atoms with E-state index in [1.807, 2.05) is 48.5 Å². The van der Waals surface area contributed by atoms with Gasteiger partial charge in [-0.15, -0.1) is 0 Å². The van der Waals surface area contributed by atoms with Crippen molar-refractivity contribution in [1.29, 1.82) is 0 Å². The van der Waals surface area contributed by atoms with Gasteiger partial charge in [0.25, 0.3) is 0 Å². The fourth-order valence-corrected chi connectivity index (χ4v) is 4.05. The molecular formula is C29H24F3N3O. The molecular weight excluding hydrogens is 463 g/mol. The number of hydrogen-bond donors (Lipinski definition) is 2. The van der Waals surface area contributed by atoms with E-state index in [1.54, 1.807) is 7.11 Å². The topological polar surface area (TPSA) is 49.9 Å². The lowest BCUT2D eigenvalue weighted by atomic mass is 10.0. The molecule has 0 saturated heterocycles. The summed E-state index contributed by atoms with van der Waals surface area (Å²) in [5.74, 6) is 1.38. The Balaban J connectivity index is 1.23. The van der Waals surface area contributed by atoms with Crippen molar-refractivity contribution in [3.63, 3.8) is 0 Å². The second kappa shape index (κ2) is 9.87. The van der Waals surface area contributed by atoms with Crippen LogP contribution in [0.1, 0.15) is 16.7 Å². The van der Waals surface area contributed by atoms with E-state index in [9.17, 15) is 13.2 Å². The molecule has 0 amide bonds. The number of fused-ring (bicyclic) bond motifs is 1. The van der Waals surface area contributed by atoms with Gasteiger partial charge in [0.05, 0.1) is 23.7 Å². The summed E-state index contributed by atoms with van der Waals surface area (Å²) in [6.07, 6.45) is -4.39. The molecule has 4 nitrogen and oxygen atoms in total. The molecule has 0 saturated carbocycles. The van der Waals surface area contributed by atoms with Gasteiger partial charge in [-0.2, -0.15) is 13.2 Å². The summed E-state index contributed by atoms with van der Waals surface area (Å²) in [6.45, 7) is 1.53. The third-order valence-corrected chi connectivity index (χ3v) is 6.07. The van der Waals surface area contributed by atoms with Crippen LogP contribution in [0, 0.1) is 0 Å². The standard InChI is InChI=1S/C29H24F3N3O/c1-36-25-13-4-20(5-14-25)18-33-17-19-2-6-21(7-3-19)22-8-10-23(11-9-22)28-34-26-15-12-24(29(30,31)32)16-27(26)35-28/h2-16,33H,17-18H2,1H3,(H,34,35). The Morgan fingerprint density at radius 2 is 1.31 bits per heavy atom. The molecule has 0 spiro atoms. The number of aromatic amines is 1. The zero-order valence-electron chi connectivity index (χ0n) is 19.6.